The average Bonchev–Trinajstić information content (AvgIpc) is 2.50. The molecule has 1 heteroatoms. The molecule has 0 saturated heterocycles. The van der Waals surface area contributed by atoms with Gasteiger partial charge in [0.1, 0.15) is 0 Å². The van der Waals surface area contributed by atoms with Gasteiger partial charge in [0.05, 0.1) is 0 Å². The third kappa shape index (κ3) is 2.93. The average molecular weight is 370 g/mol. The Labute approximate surface area is 133 Å². The summed E-state index contributed by atoms with van der Waals surface area (Å²) in [7, 11) is 0. The molecule has 3 rings (SSSR count). The van der Waals surface area contributed by atoms with Gasteiger partial charge in [0, 0.05) is 9.49 Å². The summed E-state index contributed by atoms with van der Waals surface area (Å²) in [5, 5.41) is 0. The molecule has 3 aromatic rings. The van der Waals surface area contributed by atoms with Crippen molar-refractivity contribution >= 4 is 22.6 Å². The fourth-order valence-corrected chi connectivity index (χ4v) is 3.12. The van der Waals surface area contributed by atoms with Crippen LogP contribution in [0.4, 0.5) is 0 Å². The first-order valence-electron chi connectivity index (χ1n) is 6.70. The Hall–Kier alpha value is -1.61. The number of hydrogen-bond acceptors (Lipinski definition) is 0. The van der Waals surface area contributed by atoms with E-state index in [9.17, 15) is 0 Å². The molecule has 0 spiro atoms. The van der Waals surface area contributed by atoms with Crippen molar-refractivity contribution in [1.82, 2.24) is 0 Å². The van der Waals surface area contributed by atoms with Crippen LogP contribution < -0.4 is 0 Å². The highest BCUT2D eigenvalue weighted by Crippen LogP contribution is 2.32. The van der Waals surface area contributed by atoms with E-state index in [0.717, 1.165) is 0 Å². The highest BCUT2D eigenvalue weighted by atomic mass is 127. The van der Waals surface area contributed by atoms with Gasteiger partial charge < -0.3 is 0 Å². The van der Waals surface area contributed by atoms with Crippen molar-refractivity contribution in [3.05, 3.63) is 105 Å². The van der Waals surface area contributed by atoms with E-state index in [0.29, 0.717) is 5.92 Å². The number of benzene rings is 3. The highest BCUT2D eigenvalue weighted by molar-refractivity contribution is 14.1. The molecule has 20 heavy (non-hydrogen) atoms. The van der Waals surface area contributed by atoms with Crippen LogP contribution in [-0.2, 0) is 0 Å². The van der Waals surface area contributed by atoms with Crippen LogP contribution in [0.1, 0.15) is 22.6 Å². The maximum atomic E-state index is 2.38. The zero-order valence-corrected chi connectivity index (χ0v) is 13.2. The Morgan fingerprint density at radius 1 is 0.550 bits per heavy atom. The standard InChI is InChI=1S/C19H15I/c20-18-13-7-12-17(14-18)19(15-8-3-1-4-9-15)16-10-5-2-6-11-16/h1-14,19H. The molecule has 0 nitrogen and oxygen atoms in total. The third-order valence-electron chi connectivity index (χ3n) is 3.45. The van der Waals surface area contributed by atoms with Crippen LogP contribution in [0.2, 0.25) is 0 Å². The lowest BCUT2D eigenvalue weighted by atomic mass is 9.85. The van der Waals surface area contributed by atoms with Gasteiger partial charge in [-0.25, -0.2) is 0 Å². The van der Waals surface area contributed by atoms with Gasteiger partial charge >= 0.3 is 0 Å². The maximum absolute atomic E-state index is 2.38. The van der Waals surface area contributed by atoms with E-state index >= 15 is 0 Å². The lowest BCUT2D eigenvalue weighted by molar-refractivity contribution is 0.976. The molecule has 0 amide bonds. The lowest BCUT2D eigenvalue weighted by Gasteiger charge is -2.19. The predicted octanol–water partition coefficient (Wildman–Crippen LogP) is 5.47. The second kappa shape index (κ2) is 6.23. The Morgan fingerprint density at radius 2 is 1.05 bits per heavy atom. The highest BCUT2D eigenvalue weighted by Gasteiger charge is 2.16. The SMILES string of the molecule is Ic1cccc(C(c2ccccc2)c2ccccc2)c1. The Bertz CT molecular complexity index is 635. The molecule has 3 aromatic carbocycles. The number of hydrogen-bond donors (Lipinski definition) is 0. The van der Waals surface area contributed by atoms with E-state index in [1.165, 1.54) is 20.3 Å². The van der Waals surface area contributed by atoms with Crippen LogP contribution in [0.3, 0.4) is 0 Å². The molecule has 98 valence electrons. The smallest absolute Gasteiger partial charge is 0.0340 e. The van der Waals surface area contributed by atoms with Gasteiger partial charge in [-0.3, -0.25) is 0 Å². The molecule has 0 radical (unpaired) electrons. The van der Waals surface area contributed by atoms with Crippen LogP contribution in [0.5, 0.6) is 0 Å². The number of rotatable bonds is 3. The first kappa shape index (κ1) is 13.4. The van der Waals surface area contributed by atoms with Crippen LogP contribution >= 0.6 is 22.6 Å². The molecule has 0 aliphatic heterocycles. The summed E-state index contributed by atoms with van der Waals surface area (Å²) in [4.78, 5) is 0. The van der Waals surface area contributed by atoms with Crippen molar-refractivity contribution < 1.29 is 0 Å². The minimum Gasteiger partial charge on any atom is -0.0622 e. The van der Waals surface area contributed by atoms with Crippen molar-refractivity contribution in [2.75, 3.05) is 0 Å². The van der Waals surface area contributed by atoms with Crippen molar-refractivity contribution in [3.63, 3.8) is 0 Å². The maximum Gasteiger partial charge on any atom is 0.0340 e. The topological polar surface area (TPSA) is 0 Å². The first-order valence-corrected chi connectivity index (χ1v) is 7.78. The molecule has 0 saturated carbocycles. The quantitative estimate of drug-likeness (QED) is 0.424. The minimum absolute atomic E-state index is 0.298. The normalized spacial score (nSPS) is 10.7. The molecule has 0 atom stereocenters. The van der Waals surface area contributed by atoms with Gasteiger partial charge in [-0.2, -0.15) is 0 Å². The molecule has 0 aliphatic carbocycles. The summed E-state index contributed by atoms with van der Waals surface area (Å²) in [6.45, 7) is 0. The summed E-state index contributed by atoms with van der Waals surface area (Å²) >= 11 is 2.38. The fourth-order valence-electron chi connectivity index (χ4n) is 2.55. The van der Waals surface area contributed by atoms with Crippen LogP contribution in [0.25, 0.3) is 0 Å². The van der Waals surface area contributed by atoms with Gasteiger partial charge in [0.2, 0.25) is 0 Å². The molecule has 0 N–H and O–H groups in total. The Kier molecular flexibility index (Phi) is 4.16. The van der Waals surface area contributed by atoms with Crippen LogP contribution in [0, 0.1) is 3.57 Å². The molecule has 0 bridgehead atoms. The lowest BCUT2D eigenvalue weighted by Crippen LogP contribution is -2.03. The summed E-state index contributed by atoms with van der Waals surface area (Å²) in [6.07, 6.45) is 0. The summed E-state index contributed by atoms with van der Waals surface area (Å²) in [5.74, 6) is 0.298. The van der Waals surface area contributed by atoms with E-state index in [1.54, 1.807) is 0 Å². The number of halogens is 1. The van der Waals surface area contributed by atoms with Gasteiger partial charge in [0.15, 0.2) is 0 Å². The van der Waals surface area contributed by atoms with E-state index in [2.05, 4.69) is 108 Å². The van der Waals surface area contributed by atoms with E-state index < -0.39 is 0 Å². The van der Waals surface area contributed by atoms with Crippen molar-refractivity contribution in [2.45, 2.75) is 5.92 Å². The molecule has 0 aromatic heterocycles. The third-order valence-corrected chi connectivity index (χ3v) is 4.12. The van der Waals surface area contributed by atoms with Gasteiger partial charge in [-0.15, -0.1) is 0 Å². The second-order valence-corrected chi connectivity index (χ2v) is 6.06. The largest absolute Gasteiger partial charge is 0.0622 e. The van der Waals surface area contributed by atoms with Gasteiger partial charge in [0.25, 0.3) is 0 Å². The van der Waals surface area contributed by atoms with Crippen molar-refractivity contribution in [2.24, 2.45) is 0 Å². The fraction of sp³-hybridized carbons (Fsp3) is 0.0526. The van der Waals surface area contributed by atoms with Gasteiger partial charge in [-0.1, -0.05) is 72.8 Å². The molecule has 0 fully saturated rings. The summed E-state index contributed by atoms with van der Waals surface area (Å²) < 4.78 is 1.27. The van der Waals surface area contributed by atoms with Crippen LogP contribution in [0.15, 0.2) is 84.9 Å². The Morgan fingerprint density at radius 3 is 1.55 bits per heavy atom. The second-order valence-electron chi connectivity index (χ2n) is 4.81. The van der Waals surface area contributed by atoms with Crippen molar-refractivity contribution in [1.29, 1.82) is 0 Å². The Balaban J connectivity index is 2.14. The van der Waals surface area contributed by atoms with E-state index in [1.807, 2.05) is 0 Å². The molecular formula is C19H15I. The van der Waals surface area contributed by atoms with Crippen molar-refractivity contribution in [3.8, 4) is 0 Å². The molecular weight excluding hydrogens is 355 g/mol. The molecule has 0 unspecified atom stereocenters. The zero-order chi connectivity index (χ0) is 13.8. The summed E-state index contributed by atoms with van der Waals surface area (Å²) in [5.41, 5.74) is 4.01. The van der Waals surface area contributed by atoms with Crippen LogP contribution in [-0.4, -0.2) is 0 Å². The molecule has 0 aliphatic rings. The minimum atomic E-state index is 0.298. The summed E-state index contributed by atoms with van der Waals surface area (Å²) in [6, 6.07) is 30.2. The zero-order valence-electron chi connectivity index (χ0n) is 11.0. The van der Waals surface area contributed by atoms with E-state index in [4.69, 9.17) is 0 Å². The van der Waals surface area contributed by atoms with Gasteiger partial charge in [-0.05, 0) is 51.4 Å². The predicted molar refractivity (Wildman–Crippen MR) is 93.0 cm³/mol. The molecule has 0 heterocycles. The van der Waals surface area contributed by atoms with E-state index in [-0.39, 0.29) is 0 Å². The monoisotopic (exact) mass is 370 g/mol. The first-order chi connectivity index (χ1) is 9.84.